The predicted molar refractivity (Wildman–Crippen MR) is 120 cm³/mol. The van der Waals surface area contributed by atoms with Gasteiger partial charge in [-0.2, -0.15) is 0 Å². The molecule has 1 amide bonds. The monoisotopic (exact) mass is 431 g/mol. The molecule has 0 bridgehead atoms. The fourth-order valence-electron chi connectivity index (χ4n) is 4.96. The molecule has 5 rings (SSSR count). The standard InChI is InChI=1S/C27H26FNO3/c1-18-6-2-5-9-24(18)31-26(30)29-21-14-16-27(17-15-21)23-8-4-3-7-22(23)25(32-27)19-10-12-20(28)13-11-19/h2-13,21,25H,14-17H2,1H3,(H,29,30). The lowest BCUT2D eigenvalue weighted by molar-refractivity contribution is -0.0878. The van der Waals surface area contributed by atoms with Crippen molar-refractivity contribution in [1.29, 1.82) is 0 Å². The van der Waals surface area contributed by atoms with Crippen molar-refractivity contribution >= 4 is 6.09 Å². The van der Waals surface area contributed by atoms with Gasteiger partial charge in [0.1, 0.15) is 17.7 Å². The summed E-state index contributed by atoms with van der Waals surface area (Å²) in [5, 5.41) is 3.02. The zero-order chi connectivity index (χ0) is 22.1. The average Bonchev–Trinajstić information content (AvgIpc) is 3.12. The maximum Gasteiger partial charge on any atom is 0.412 e. The van der Waals surface area contributed by atoms with E-state index in [4.69, 9.17) is 9.47 Å². The van der Waals surface area contributed by atoms with E-state index >= 15 is 0 Å². The summed E-state index contributed by atoms with van der Waals surface area (Å²) in [7, 11) is 0. The van der Waals surface area contributed by atoms with Gasteiger partial charge in [-0.25, -0.2) is 9.18 Å². The maximum absolute atomic E-state index is 13.4. The van der Waals surface area contributed by atoms with E-state index in [-0.39, 0.29) is 23.6 Å². The van der Waals surface area contributed by atoms with Crippen LogP contribution in [-0.4, -0.2) is 12.1 Å². The summed E-state index contributed by atoms with van der Waals surface area (Å²) in [5.74, 6) is 0.325. The highest BCUT2D eigenvalue weighted by atomic mass is 19.1. The molecular formula is C27H26FNO3. The largest absolute Gasteiger partial charge is 0.412 e. The Morgan fingerprint density at radius 3 is 2.44 bits per heavy atom. The maximum atomic E-state index is 13.4. The second kappa shape index (κ2) is 8.40. The van der Waals surface area contributed by atoms with Gasteiger partial charge < -0.3 is 14.8 Å². The highest BCUT2D eigenvalue weighted by Gasteiger charge is 2.47. The van der Waals surface area contributed by atoms with Crippen LogP contribution in [0.4, 0.5) is 9.18 Å². The molecule has 4 nitrogen and oxygen atoms in total. The molecule has 1 aliphatic heterocycles. The summed E-state index contributed by atoms with van der Waals surface area (Å²) in [4.78, 5) is 12.4. The Balaban J connectivity index is 1.28. The Morgan fingerprint density at radius 2 is 1.69 bits per heavy atom. The van der Waals surface area contributed by atoms with Crippen LogP contribution in [-0.2, 0) is 10.3 Å². The molecule has 32 heavy (non-hydrogen) atoms. The molecule has 1 N–H and O–H groups in total. The number of ether oxygens (including phenoxy) is 2. The van der Waals surface area contributed by atoms with Gasteiger partial charge in [0, 0.05) is 6.04 Å². The molecule has 1 saturated carbocycles. The highest BCUT2D eigenvalue weighted by Crippen LogP contribution is 2.53. The Labute approximate surface area is 187 Å². The number of hydrogen-bond donors (Lipinski definition) is 1. The van der Waals surface area contributed by atoms with Crippen molar-refractivity contribution in [3.8, 4) is 5.75 Å². The van der Waals surface area contributed by atoms with Gasteiger partial charge in [-0.1, -0.05) is 54.6 Å². The van der Waals surface area contributed by atoms with Crippen molar-refractivity contribution in [2.45, 2.75) is 50.4 Å². The second-order valence-corrected chi connectivity index (χ2v) is 8.70. The van der Waals surface area contributed by atoms with Crippen LogP contribution in [0, 0.1) is 12.7 Å². The van der Waals surface area contributed by atoms with Crippen LogP contribution in [0.5, 0.6) is 5.75 Å². The van der Waals surface area contributed by atoms with E-state index in [2.05, 4.69) is 17.4 Å². The van der Waals surface area contributed by atoms with Gasteiger partial charge in [-0.05, 0) is 73.1 Å². The third kappa shape index (κ3) is 3.89. The minimum absolute atomic E-state index is 0.0396. The Kier molecular flexibility index (Phi) is 5.43. The van der Waals surface area contributed by atoms with Gasteiger partial charge in [0.2, 0.25) is 0 Å². The van der Waals surface area contributed by atoms with Crippen molar-refractivity contribution in [3.05, 3.63) is 101 Å². The Morgan fingerprint density at radius 1 is 1.00 bits per heavy atom. The van der Waals surface area contributed by atoms with E-state index < -0.39 is 6.09 Å². The minimum Gasteiger partial charge on any atom is -0.410 e. The first kappa shape index (κ1) is 20.7. The van der Waals surface area contributed by atoms with Crippen molar-refractivity contribution in [2.75, 3.05) is 0 Å². The summed E-state index contributed by atoms with van der Waals surface area (Å²) in [5.41, 5.74) is 3.85. The molecule has 5 heteroatoms. The molecule has 1 atom stereocenters. The van der Waals surface area contributed by atoms with Crippen LogP contribution < -0.4 is 10.1 Å². The van der Waals surface area contributed by atoms with Gasteiger partial charge in [0.15, 0.2) is 0 Å². The first-order valence-corrected chi connectivity index (χ1v) is 11.1. The predicted octanol–water partition coefficient (Wildman–Crippen LogP) is 6.18. The molecule has 1 heterocycles. The van der Waals surface area contributed by atoms with E-state index in [0.717, 1.165) is 42.4 Å². The number of carbonyl (C=O) groups excluding carboxylic acids is 1. The number of carbonyl (C=O) groups is 1. The normalized spacial score (nSPS) is 24.2. The molecule has 0 saturated heterocycles. The lowest BCUT2D eigenvalue weighted by Gasteiger charge is -2.38. The number of hydrogen-bond acceptors (Lipinski definition) is 3. The smallest absolute Gasteiger partial charge is 0.410 e. The van der Waals surface area contributed by atoms with Gasteiger partial charge in [0.25, 0.3) is 0 Å². The molecule has 1 unspecified atom stereocenters. The molecule has 0 aromatic heterocycles. The Bertz CT molecular complexity index is 1120. The second-order valence-electron chi connectivity index (χ2n) is 8.70. The lowest BCUT2D eigenvalue weighted by atomic mass is 9.77. The van der Waals surface area contributed by atoms with Crippen molar-refractivity contribution in [1.82, 2.24) is 5.32 Å². The zero-order valence-corrected chi connectivity index (χ0v) is 18.0. The molecule has 164 valence electrons. The van der Waals surface area contributed by atoms with Gasteiger partial charge in [-0.15, -0.1) is 0 Å². The number of para-hydroxylation sites is 1. The van der Waals surface area contributed by atoms with Crippen LogP contribution in [0.1, 0.15) is 54.0 Å². The zero-order valence-electron chi connectivity index (χ0n) is 18.0. The van der Waals surface area contributed by atoms with E-state index in [0.29, 0.717) is 5.75 Å². The number of benzene rings is 3. The quantitative estimate of drug-likeness (QED) is 0.539. The first-order valence-electron chi connectivity index (χ1n) is 11.1. The van der Waals surface area contributed by atoms with E-state index in [1.165, 1.54) is 17.7 Å². The number of amides is 1. The highest BCUT2D eigenvalue weighted by molar-refractivity contribution is 5.71. The molecule has 1 spiro atoms. The minimum atomic E-state index is -0.419. The lowest BCUT2D eigenvalue weighted by Crippen LogP contribution is -2.43. The third-order valence-electron chi connectivity index (χ3n) is 6.66. The number of halogens is 1. The molecule has 1 aliphatic carbocycles. The van der Waals surface area contributed by atoms with Crippen LogP contribution in [0.15, 0.2) is 72.8 Å². The SMILES string of the molecule is Cc1ccccc1OC(=O)NC1CCC2(CC1)OC(c1ccc(F)cc1)c1ccccc12. The van der Waals surface area contributed by atoms with Crippen LogP contribution in [0.25, 0.3) is 0 Å². The van der Waals surface area contributed by atoms with E-state index in [1.807, 2.05) is 37.3 Å². The fourth-order valence-corrected chi connectivity index (χ4v) is 4.96. The van der Waals surface area contributed by atoms with E-state index in [1.54, 1.807) is 18.2 Å². The fraction of sp³-hybridized carbons (Fsp3) is 0.296. The van der Waals surface area contributed by atoms with Crippen molar-refractivity contribution in [3.63, 3.8) is 0 Å². The third-order valence-corrected chi connectivity index (χ3v) is 6.66. The van der Waals surface area contributed by atoms with Crippen LogP contribution >= 0.6 is 0 Å². The molecule has 3 aromatic carbocycles. The molecule has 2 aliphatic rings. The van der Waals surface area contributed by atoms with Crippen LogP contribution in [0.3, 0.4) is 0 Å². The Hall–Kier alpha value is -3.18. The van der Waals surface area contributed by atoms with Crippen LogP contribution in [0.2, 0.25) is 0 Å². The van der Waals surface area contributed by atoms with E-state index in [9.17, 15) is 9.18 Å². The number of nitrogens with one attached hydrogen (secondary N) is 1. The topological polar surface area (TPSA) is 47.6 Å². The molecule has 1 fully saturated rings. The van der Waals surface area contributed by atoms with Gasteiger partial charge in [0.05, 0.1) is 5.60 Å². The summed E-state index contributed by atoms with van der Waals surface area (Å²) in [6.07, 6.45) is 2.58. The number of fused-ring (bicyclic) bond motifs is 2. The number of aryl methyl sites for hydroxylation is 1. The molecular weight excluding hydrogens is 405 g/mol. The van der Waals surface area contributed by atoms with Crippen molar-refractivity contribution in [2.24, 2.45) is 0 Å². The first-order chi connectivity index (χ1) is 15.5. The van der Waals surface area contributed by atoms with Gasteiger partial charge in [-0.3, -0.25) is 0 Å². The molecule has 3 aromatic rings. The summed E-state index contributed by atoms with van der Waals surface area (Å²) < 4.78 is 25.6. The molecule has 0 radical (unpaired) electrons. The average molecular weight is 432 g/mol. The summed E-state index contributed by atoms with van der Waals surface area (Å²) in [6, 6.07) is 22.4. The summed E-state index contributed by atoms with van der Waals surface area (Å²) >= 11 is 0. The summed E-state index contributed by atoms with van der Waals surface area (Å²) in [6.45, 7) is 1.92. The van der Waals surface area contributed by atoms with Gasteiger partial charge >= 0.3 is 6.09 Å². The van der Waals surface area contributed by atoms with Crippen molar-refractivity contribution < 1.29 is 18.7 Å². The number of rotatable bonds is 3.